The Morgan fingerprint density at radius 2 is 1.95 bits per heavy atom. The molecule has 1 heterocycles. The van der Waals surface area contributed by atoms with Gasteiger partial charge in [-0.25, -0.2) is 0 Å². The maximum absolute atomic E-state index is 6.18. The van der Waals surface area contributed by atoms with E-state index < -0.39 is 5.54 Å². The van der Waals surface area contributed by atoms with E-state index in [9.17, 15) is 0 Å². The largest absolute Gasteiger partial charge is 0.379 e. The molecular formula is C15H21N3O2. The second-order valence-electron chi connectivity index (χ2n) is 5.24. The predicted molar refractivity (Wildman–Crippen MR) is 77.2 cm³/mol. The van der Waals surface area contributed by atoms with Crippen molar-refractivity contribution in [1.82, 2.24) is 10.1 Å². The van der Waals surface area contributed by atoms with Crippen LogP contribution in [0.5, 0.6) is 0 Å². The van der Waals surface area contributed by atoms with Crippen LogP contribution in [0.2, 0.25) is 0 Å². The SMILES string of the molecule is CCOCC(C)(N)c1noc(-c2c(C)cccc2C)n1. The highest BCUT2D eigenvalue weighted by Crippen LogP contribution is 2.27. The predicted octanol–water partition coefficient (Wildman–Crippen LogP) is 2.56. The third kappa shape index (κ3) is 2.89. The second kappa shape index (κ2) is 5.73. The van der Waals surface area contributed by atoms with Gasteiger partial charge in [-0.05, 0) is 38.8 Å². The van der Waals surface area contributed by atoms with Crippen LogP contribution in [-0.2, 0) is 10.3 Å². The fourth-order valence-corrected chi connectivity index (χ4v) is 2.09. The normalized spacial score (nSPS) is 14.2. The summed E-state index contributed by atoms with van der Waals surface area (Å²) in [4.78, 5) is 4.44. The lowest BCUT2D eigenvalue weighted by molar-refractivity contribution is 0.0962. The molecule has 5 heteroatoms. The fourth-order valence-electron chi connectivity index (χ4n) is 2.09. The lowest BCUT2D eigenvalue weighted by Gasteiger charge is -2.19. The number of rotatable bonds is 5. The summed E-state index contributed by atoms with van der Waals surface area (Å²) in [5.74, 6) is 0.965. The van der Waals surface area contributed by atoms with Gasteiger partial charge in [-0.1, -0.05) is 23.4 Å². The third-order valence-electron chi connectivity index (χ3n) is 3.24. The van der Waals surface area contributed by atoms with Gasteiger partial charge in [0, 0.05) is 12.2 Å². The van der Waals surface area contributed by atoms with Gasteiger partial charge in [-0.3, -0.25) is 0 Å². The minimum absolute atomic E-state index is 0.356. The monoisotopic (exact) mass is 275 g/mol. The molecule has 108 valence electrons. The average Bonchev–Trinajstić information content (AvgIpc) is 2.86. The van der Waals surface area contributed by atoms with Crippen LogP contribution in [0.15, 0.2) is 22.7 Å². The van der Waals surface area contributed by atoms with E-state index in [1.807, 2.05) is 45.9 Å². The molecule has 20 heavy (non-hydrogen) atoms. The molecule has 1 unspecified atom stereocenters. The van der Waals surface area contributed by atoms with Gasteiger partial charge in [0.25, 0.3) is 5.89 Å². The zero-order valence-corrected chi connectivity index (χ0v) is 12.4. The van der Waals surface area contributed by atoms with Crippen LogP contribution in [0.3, 0.4) is 0 Å². The summed E-state index contributed by atoms with van der Waals surface area (Å²) in [5, 5.41) is 4.01. The number of hydrogen-bond donors (Lipinski definition) is 1. The van der Waals surface area contributed by atoms with E-state index in [0.717, 1.165) is 16.7 Å². The van der Waals surface area contributed by atoms with E-state index in [0.29, 0.717) is 24.9 Å². The van der Waals surface area contributed by atoms with Gasteiger partial charge in [-0.15, -0.1) is 0 Å². The molecule has 0 aliphatic heterocycles. The van der Waals surface area contributed by atoms with Gasteiger partial charge < -0.3 is 15.0 Å². The van der Waals surface area contributed by atoms with Gasteiger partial charge >= 0.3 is 0 Å². The molecule has 2 rings (SSSR count). The van der Waals surface area contributed by atoms with Gasteiger partial charge in [-0.2, -0.15) is 4.98 Å². The zero-order chi connectivity index (χ0) is 14.8. The quantitative estimate of drug-likeness (QED) is 0.907. The smallest absolute Gasteiger partial charge is 0.258 e. The Morgan fingerprint density at radius 1 is 1.30 bits per heavy atom. The maximum atomic E-state index is 6.18. The summed E-state index contributed by atoms with van der Waals surface area (Å²) in [6.07, 6.45) is 0. The van der Waals surface area contributed by atoms with E-state index in [1.165, 1.54) is 0 Å². The Balaban J connectivity index is 2.34. The average molecular weight is 275 g/mol. The molecule has 1 atom stereocenters. The molecule has 0 aliphatic carbocycles. The topological polar surface area (TPSA) is 74.2 Å². The molecule has 0 saturated carbocycles. The molecule has 0 bridgehead atoms. The van der Waals surface area contributed by atoms with E-state index in [2.05, 4.69) is 10.1 Å². The number of ether oxygens (including phenoxy) is 1. The maximum Gasteiger partial charge on any atom is 0.258 e. The molecule has 0 spiro atoms. The number of nitrogens with zero attached hydrogens (tertiary/aromatic N) is 2. The van der Waals surface area contributed by atoms with Crippen molar-refractivity contribution in [3.8, 4) is 11.5 Å². The number of nitrogens with two attached hydrogens (primary N) is 1. The minimum atomic E-state index is -0.756. The van der Waals surface area contributed by atoms with Crippen molar-refractivity contribution in [2.24, 2.45) is 5.73 Å². The second-order valence-corrected chi connectivity index (χ2v) is 5.24. The van der Waals surface area contributed by atoms with Crippen molar-refractivity contribution >= 4 is 0 Å². The van der Waals surface area contributed by atoms with Crippen LogP contribution < -0.4 is 5.73 Å². The summed E-state index contributed by atoms with van der Waals surface area (Å²) in [5.41, 5.74) is 8.60. The lowest BCUT2D eigenvalue weighted by atomic mass is 10.0. The van der Waals surface area contributed by atoms with Crippen LogP contribution in [0.4, 0.5) is 0 Å². The first kappa shape index (κ1) is 14.7. The van der Waals surface area contributed by atoms with Crippen LogP contribution in [0.1, 0.15) is 30.8 Å². The van der Waals surface area contributed by atoms with E-state index >= 15 is 0 Å². The summed E-state index contributed by atoms with van der Waals surface area (Å²) < 4.78 is 10.8. The molecule has 1 aromatic carbocycles. The Morgan fingerprint density at radius 3 is 2.55 bits per heavy atom. The Bertz CT molecular complexity index is 570. The van der Waals surface area contributed by atoms with Crippen LogP contribution in [0.25, 0.3) is 11.5 Å². The number of aryl methyl sites for hydroxylation is 2. The molecule has 0 aliphatic rings. The third-order valence-corrected chi connectivity index (χ3v) is 3.24. The molecular weight excluding hydrogens is 254 g/mol. The highest BCUT2D eigenvalue weighted by Gasteiger charge is 2.28. The molecule has 2 N–H and O–H groups in total. The van der Waals surface area contributed by atoms with E-state index in [4.69, 9.17) is 15.0 Å². The summed E-state index contributed by atoms with van der Waals surface area (Å²) in [6.45, 7) is 8.77. The Labute approximate surface area is 119 Å². The molecule has 2 aromatic rings. The number of benzene rings is 1. The van der Waals surface area contributed by atoms with Gasteiger partial charge in [0.2, 0.25) is 0 Å². The first-order valence-corrected chi connectivity index (χ1v) is 6.73. The van der Waals surface area contributed by atoms with Crippen molar-refractivity contribution in [3.63, 3.8) is 0 Å². The van der Waals surface area contributed by atoms with Crippen molar-refractivity contribution in [3.05, 3.63) is 35.2 Å². The van der Waals surface area contributed by atoms with E-state index in [1.54, 1.807) is 0 Å². The number of aromatic nitrogens is 2. The van der Waals surface area contributed by atoms with Crippen molar-refractivity contribution in [2.45, 2.75) is 33.2 Å². The van der Waals surface area contributed by atoms with E-state index in [-0.39, 0.29) is 0 Å². The fraction of sp³-hybridized carbons (Fsp3) is 0.467. The van der Waals surface area contributed by atoms with Crippen LogP contribution >= 0.6 is 0 Å². The molecule has 5 nitrogen and oxygen atoms in total. The number of hydrogen-bond acceptors (Lipinski definition) is 5. The first-order chi connectivity index (χ1) is 9.45. The molecule has 0 fully saturated rings. The lowest BCUT2D eigenvalue weighted by Crippen LogP contribution is -2.39. The van der Waals surface area contributed by atoms with Gasteiger partial charge in [0.05, 0.1) is 6.61 Å². The van der Waals surface area contributed by atoms with Gasteiger partial charge in [0.1, 0.15) is 5.54 Å². The molecule has 0 radical (unpaired) electrons. The molecule has 1 aromatic heterocycles. The van der Waals surface area contributed by atoms with Crippen molar-refractivity contribution in [2.75, 3.05) is 13.2 Å². The molecule has 0 amide bonds. The van der Waals surface area contributed by atoms with Gasteiger partial charge in [0.15, 0.2) is 5.82 Å². The van der Waals surface area contributed by atoms with Crippen LogP contribution in [0, 0.1) is 13.8 Å². The highest BCUT2D eigenvalue weighted by molar-refractivity contribution is 5.62. The van der Waals surface area contributed by atoms with Crippen LogP contribution in [-0.4, -0.2) is 23.4 Å². The Hall–Kier alpha value is -1.72. The van der Waals surface area contributed by atoms with Crippen molar-refractivity contribution < 1.29 is 9.26 Å². The summed E-state index contributed by atoms with van der Waals surface area (Å²) >= 11 is 0. The Kier molecular flexibility index (Phi) is 4.20. The highest BCUT2D eigenvalue weighted by atomic mass is 16.5. The standard InChI is InChI=1S/C15H21N3O2/c1-5-19-9-15(4,16)14-17-13(20-18-14)12-10(2)7-6-8-11(12)3/h6-8H,5,9,16H2,1-4H3. The summed E-state index contributed by atoms with van der Waals surface area (Å²) in [6, 6.07) is 6.05. The summed E-state index contributed by atoms with van der Waals surface area (Å²) in [7, 11) is 0. The molecule has 0 saturated heterocycles. The van der Waals surface area contributed by atoms with Crippen molar-refractivity contribution in [1.29, 1.82) is 0 Å². The zero-order valence-electron chi connectivity index (χ0n) is 12.4. The first-order valence-electron chi connectivity index (χ1n) is 6.73. The minimum Gasteiger partial charge on any atom is -0.379 e.